The number of amides is 1. The van der Waals surface area contributed by atoms with Gasteiger partial charge in [0.2, 0.25) is 5.91 Å². The molecule has 1 amide bonds. The van der Waals surface area contributed by atoms with Gasteiger partial charge in [-0.1, -0.05) is 52.4 Å². The lowest BCUT2D eigenvalue weighted by molar-refractivity contribution is -0.136. The first kappa shape index (κ1) is 16.5. The molecule has 1 heterocycles. The van der Waals surface area contributed by atoms with Gasteiger partial charge < -0.3 is 4.90 Å². The van der Waals surface area contributed by atoms with E-state index in [1.54, 1.807) is 0 Å². The number of likely N-dealkylation sites (tertiary alicyclic amines) is 1. The van der Waals surface area contributed by atoms with Crippen LogP contribution in [-0.4, -0.2) is 23.4 Å². The number of hydrogen-bond acceptors (Lipinski definition) is 1. The Morgan fingerprint density at radius 3 is 2.11 bits per heavy atom. The Labute approximate surface area is 119 Å². The van der Waals surface area contributed by atoms with Crippen LogP contribution in [0.1, 0.15) is 85.0 Å². The molecule has 0 radical (unpaired) electrons. The quantitative estimate of drug-likeness (QED) is 0.551. The fourth-order valence-corrected chi connectivity index (χ4v) is 3.17. The Kier molecular flexibility index (Phi) is 8.16. The molecule has 1 fully saturated rings. The molecule has 1 atom stereocenters. The highest BCUT2D eigenvalue weighted by Crippen LogP contribution is 2.25. The first-order chi connectivity index (χ1) is 9.20. The summed E-state index contributed by atoms with van der Waals surface area (Å²) < 4.78 is 0. The number of carbonyl (C=O) groups is 1. The normalized spacial score (nSPS) is 19.4. The molecule has 1 aliphatic heterocycles. The minimum atomic E-state index is 0.304. The molecule has 2 nitrogen and oxygen atoms in total. The Morgan fingerprint density at radius 2 is 1.68 bits per heavy atom. The van der Waals surface area contributed by atoms with Crippen molar-refractivity contribution in [2.45, 2.75) is 91.0 Å². The van der Waals surface area contributed by atoms with Crippen LogP contribution in [0.4, 0.5) is 0 Å². The third-order valence-electron chi connectivity index (χ3n) is 4.50. The molecule has 0 N–H and O–H groups in total. The number of nitrogens with zero attached hydrogens (tertiary/aromatic N) is 1. The van der Waals surface area contributed by atoms with E-state index in [2.05, 4.69) is 25.7 Å². The molecule has 1 rings (SSSR count). The van der Waals surface area contributed by atoms with Crippen LogP contribution in [0, 0.1) is 5.92 Å². The van der Waals surface area contributed by atoms with Crippen LogP contribution in [-0.2, 0) is 4.79 Å². The summed E-state index contributed by atoms with van der Waals surface area (Å²) in [5.41, 5.74) is 0. The van der Waals surface area contributed by atoms with Crippen molar-refractivity contribution in [3.05, 3.63) is 0 Å². The maximum atomic E-state index is 12.7. The first-order valence-electron chi connectivity index (χ1n) is 8.51. The van der Waals surface area contributed by atoms with E-state index in [0.29, 0.717) is 17.9 Å². The molecule has 19 heavy (non-hydrogen) atoms. The van der Waals surface area contributed by atoms with Crippen molar-refractivity contribution in [2.75, 3.05) is 6.54 Å². The highest BCUT2D eigenvalue weighted by Gasteiger charge is 2.29. The Balaban J connectivity index is 2.47. The van der Waals surface area contributed by atoms with Crippen LogP contribution in [0.25, 0.3) is 0 Å². The summed E-state index contributed by atoms with van der Waals surface area (Å²) in [7, 11) is 0. The van der Waals surface area contributed by atoms with Gasteiger partial charge in [-0.15, -0.1) is 0 Å². The van der Waals surface area contributed by atoms with Gasteiger partial charge in [-0.25, -0.2) is 0 Å². The van der Waals surface area contributed by atoms with Gasteiger partial charge in [0.05, 0.1) is 0 Å². The number of rotatable bonds is 9. The lowest BCUT2D eigenvalue weighted by Gasteiger charge is -2.27. The number of hydrogen-bond donors (Lipinski definition) is 0. The third-order valence-corrected chi connectivity index (χ3v) is 4.50. The van der Waals surface area contributed by atoms with E-state index >= 15 is 0 Å². The third kappa shape index (κ3) is 5.54. The van der Waals surface area contributed by atoms with Crippen LogP contribution in [0.5, 0.6) is 0 Å². The van der Waals surface area contributed by atoms with E-state index in [0.717, 1.165) is 19.4 Å². The predicted octanol–water partition coefficient (Wildman–Crippen LogP) is 4.77. The topological polar surface area (TPSA) is 20.3 Å². The largest absolute Gasteiger partial charge is 0.340 e. The van der Waals surface area contributed by atoms with E-state index < -0.39 is 0 Å². The molecule has 0 spiro atoms. The van der Waals surface area contributed by atoms with Gasteiger partial charge in [0.1, 0.15) is 0 Å². The zero-order chi connectivity index (χ0) is 14.1. The van der Waals surface area contributed by atoms with E-state index in [1.807, 2.05) is 0 Å². The van der Waals surface area contributed by atoms with E-state index in [9.17, 15) is 4.79 Å². The molecular formula is C17H33NO. The standard InChI is InChI=1S/C17H33NO/c1-4-6-8-12-16(13-9-7-5-2)17(19)18-14-10-11-15(18)3/h15-16H,4-14H2,1-3H3/t15-/m0/s1. The van der Waals surface area contributed by atoms with Gasteiger partial charge >= 0.3 is 0 Å². The van der Waals surface area contributed by atoms with Gasteiger partial charge in [0.15, 0.2) is 0 Å². The highest BCUT2D eigenvalue weighted by atomic mass is 16.2. The molecule has 1 saturated heterocycles. The van der Waals surface area contributed by atoms with Gasteiger partial charge in [-0.2, -0.15) is 0 Å². The smallest absolute Gasteiger partial charge is 0.225 e. The second kappa shape index (κ2) is 9.39. The zero-order valence-corrected chi connectivity index (χ0v) is 13.3. The molecule has 0 aliphatic carbocycles. The van der Waals surface area contributed by atoms with Crippen molar-refractivity contribution in [1.82, 2.24) is 4.90 Å². The van der Waals surface area contributed by atoms with Crippen molar-refractivity contribution in [3.8, 4) is 0 Å². The van der Waals surface area contributed by atoms with E-state index in [1.165, 1.54) is 51.4 Å². The average molecular weight is 267 g/mol. The Morgan fingerprint density at radius 1 is 1.11 bits per heavy atom. The molecule has 0 bridgehead atoms. The molecular weight excluding hydrogens is 234 g/mol. The van der Waals surface area contributed by atoms with Crippen molar-refractivity contribution < 1.29 is 4.79 Å². The maximum absolute atomic E-state index is 12.7. The lowest BCUT2D eigenvalue weighted by Crippen LogP contribution is -2.38. The summed E-state index contributed by atoms with van der Waals surface area (Å²) in [4.78, 5) is 14.8. The summed E-state index contributed by atoms with van der Waals surface area (Å²) >= 11 is 0. The van der Waals surface area contributed by atoms with Gasteiger partial charge in [0.25, 0.3) is 0 Å². The van der Waals surface area contributed by atoms with Crippen LogP contribution in [0.15, 0.2) is 0 Å². The van der Waals surface area contributed by atoms with Crippen molar-refractivity contribution in [1.29, 1.82) is 0 Å². The first-order valence-corrected chi connectivity index (χ1v) is 8.51. The van der Waals surface area contributed by atoms with Crippen LogP contribution < -0.4 is 0 Å². The molecule has 1 aliphatic rings. The number of carbonyl (C=O) groups excluding carboxylic acids is 1. The lowest BCUT2D eigenvalue weighted by atomic mass is 9.93. The van der Waals surface area contributed by atoms with E-state index in [-0.39, 0.29) is 0 Å². The summed E-state index contributed by atoms with van der Waals surface area (Å²) in [6.45, 7) is 7.67. The molecule has 112 valence electrons. The Bertz CT molecular complexity index is 242. The summed E-state index contributed by atoms with van der Waals surface area (Å²) in [6.07, 6.45) is 12.1. The SMILES string of the molecule is CCCCCC(CCCCC)C(=O)N1CCC[C@@H]1C. The molecule has 0 aromatic heterocycles. The Hall–Kier alpha value is -0.530. The minimum absolute atomic E-state index is 0.304. The van der Waals surface area contributed by atoms with Crippen LogP contribution >= 0.6 is 0 Å². The maximum Gasteiger partial charge on any atom is 0.225 e. The number of unbranched alkanes of at least 4 members (excludes halogenated alkanes) is 4. The fraction of sp³-hybridized carbons (Fsp3) is 0.941. The molecule has 2 heteroatoms. The summed E-state index contributed by atoms with van der Waals surface area (Å²) in [6, 6.07) is 0.479. The average Bonchev–Trinajstić information content (AvgIpc) is 2.83. The molecule has 0 unspecified atom stereocenters. The van der Waals surface area contributed by atoms with Crippen molar-refractivity contribution >= 4 is 5.91 Å². The second-order valence-corrected chi connectivity index (χ2v) is 6.21. The molecule has 0 aromatic rings. The van der Waals surface area contributed by atoms with Crippen molar-refractivity contribution in [3.63, 3.8) is 0 Å². The highest BCUT2D eigenvalue weighted by molar-refractivity contribution is 5.79. The van der Waals surface area contributed by atoms with Crippen molar-refractivity contribution in [2.24, 2.45) is 5.92 Å². The summed E-state index contributed by atoms with van der Waals surface area (Å²) in [5, 5.41) is 0. The van der Waals surface area contributed by atoms with Crippen LogP contribution in [0.3, 0.4) is 0 Å². The zero-order valence-electron chi connectivity index (χ0n) is 13.3. The predicted molar refractivity (Wildman–Crippen MR) is 82.2 cm³/mol. The molecule has 0 saturated carbocycles. The minimum Gasteiger partial charge on any atom is -0.340 e. The van der Waals surface area contributed by atoms with E-state index in [4.69, 9.17) is 0 Å². The van der Waals surface area contributed by atoms with Gasteiger partial charge in [-0.05, 0) is 32.6 Å². The second-order valence-electron chi connectivity index (χ2n) is 6.21. The van der Waals surface area contributed by atoms with Crippen LogP contribution in [0.2, 0.25) is 0 Å². The van der Waals surface area contributed by atoms with Gasteiger partial charge in [-0.3, -0.25) is 4.79 Å². The summed E-state index contributed by atoms with van der Waals surface area (Å²) in [5.74, 6) is 0.760. The fourth-order valence-electron chi connectivity index (χ4n) is 3.17. The molecule has 0 aromatic carbocycles. The monoisotopic (exact) mass is 267 g/mol. The van der Waals surface area contributed by atoms with Gasteiger partial charge in [0, 0.05) is 18.5 Å².